The van der Waals surface area contributed by atoms with E-state index in [9.17, 15) is 26.4 Å². The fraction of sp³-hybridized carbons (Fsp3) is 0. The molecule has 0 spiro atoms. The molecule has 0 unspecified atom stereocenters. The molecule has 0 aliphatic heterocycles. The van der Waals surface area contributed by atoms with E-state index in [0.29, 0.717) is 12.2 Å². The predicted octanol–water partition coefficient (Wildman–Crippen LogP) is -2.95. The summed E-state index contributed by atoms with van der Waals surface area (Å²) in [5.41, 5.74) is 0. The molecule has 0 aliphatic carbocycles. The van der Waals surface area contributed by atoms with Crippen LogP contribution in [0.15, 0.2) is 8.80 Å². The summed E-state index contributed by atoms with van der Waals surface area (Å²) < 4.78 is 42.7. The van der Waals surface area contributed by atoms with E-state index in [1.54, 1.807) is 0 Å². The van der Waals surface area contributed by atoms with Crippen LogP contribution in [0.25, 0.3) is 0 Å². The Kier molecular flexibility index (Phi) is 6.56. The van der Waals surface area contributed by atoms with Gasteiger partial charge in [-0.1, -0.05) is 8.80 Å². The van der Waals surface area contributed by atoms with Crippen LogP contribution in [0, 0.1) is 0 Å². The van der Waals surface area contributed by atoms with Gasteiger partial charge in [-0.3, -0.25) is 0 Å². The molecular formula is C2H4N4O6S2. The molecule has 4 N–H and O–H groups in total. The lowest BCUT2D eigenvalue weighted by atomic mass is 11.7. The fourth-order valence-electron chi connectivity index (χ4n) is 0.115. The first-order valence-electron chi connectivity index (χ1n) is 2.36. The van der Waals surface area contributed by atoms with E-state index >= 15 is 0 Å². The molecule has 0 fully saturated rings. The monoisotopic (exact) mass is 244 g/mol. The second kappa shape index (κ2) is 6.10. The summed E-state index contributed by atoms with van der Waals surface area (Å²) in [4.78, 5) is 18.5. The average molecular weight is 244 g/mol. The van der Waals surface area contributed by atoms with Crippen molar-refractivity contribution in [3.63, 3.8) is 0 Å². The molecule has 0 aromatic carbocycles. The molecule has 0 saturated carbocycles. The van der Waals surface area contributed by atoms with E-state index in [4.69, 9.17) is 0 Å². The summed E-state index contributed by atoms with van der Waals surface area (Å²) in [5.74, 6) is 0. The Labute approximate surface area is 78.7 Å². The third kappa shape index (κ3) is 22.4. The van der Waals surface area contributed by atoms with Crippen LogP contribution in [0.5, 0.6) is 0 Å². The lowest BCUT2D eigenvalue weighted by molar-refractivity contribution is 0.561. The highest BCUT2D eigenvalue weighted by molar-refractivity contribution is 7.89. The number of nitrogens with two attached hydrogens (primary N) is 2. The summed E-state index contributed by atoms with van der Waals surface area (Å²) in [6.45, 7) is 0. The van der Waals surface area contributed by atoms with E-state index in [1.807, 2.05) is 0 Å². The molecule has 10 nitrogen and oxygen atoms in total. The van der Waals surface area contributed by atoms with Crippen molar-refractivity contribution in [1.82, 2.24) is 0 Å². The summed E-state index contributed by atoms with van der Waals surface area (Å²) in [5, 5.41) is 8.21. The van der Waals surface area contributed by atoms with Gasteiger partial charge in [0.1, 0.15) is 0 Å². The van der Waals surface area contributed by atoms with Gasteiger partial charge in [0.2, 0.25) is 0 Å². The zero-order valence-electron chi connectivity index (χ0n) is 6.32. The Morgan fingerprint density at radius 3 is 1.21 bits per heavy atom. The lowest BCUT2D eigenvalue weighted by Gasteiger charge is -1.72. The standard InChI is InChI=1S/C2N2O4S.H4N2O2S/c5-1-3-9(7,8)4-2-6;1-5(2,3)4/h;(H4,1,2,3,4). The van der Waals surface area contributed by atoms with Crippen molar-refractivity contribution in [2.75, 3.05) is 0 Å². The Balaban J connectivity index is 0. The maximum absolute atomic E-state index is 9.97. The summed E-state index contributed by atoms with van der Waals surface area (Å²) in [7, 11) is -7.95. The summed E-state index contributed by atoms with van der Waals surface area (Å²) in [6.07, 6.45) is 1.41. The Morgan fingerprint density at radius 2 is 1.07 bits per heavy atom. The van der Waals surface area contributed by atoms with Crippen molar-refractivity contribution >= 4 is 32.6 Å². The SMILES string of the molecule is NS(N)(=O)=O.O=C=NS(=O)(=O)N=C=O. The second-order valence-electron chi connectivity index (χ2n) is 1.40. The Morgan fingerprint density at radius 1 is 0.857 bits per heavy atom. The minimum Gasteiger partial charge on any atom is -0.216 e. The van der Waals surface area contributed by atoms with Crippen LogP contribution in [-0.4, -0.2) is 29.0 Å². The van der Waals surface area contributed by atoms with Crippen LogP contribution in [0.4, 0.5) is 0 Å². The second-order valence-corrected chi connectivity index (χ2v) is 3.84. The maximum Gasteiger partial charge on any atom is 0.383 e. The Bertz CT molecular complexity index is 430. The molecule has 0 saturated heterocycles. The highest BCUT2D eigenvalue weighted by Crippen LogP contribution is 1.87. The fourth-order valence-corrected chi connectivity index (χ4v) is 0.344. The van der Waals surface area contributed by atoms with E-state index in [1.165, 1.54) is 0 Å². The molecule has 0 atom stereocenters. The first kappa shape index (κ1) is 15.1. The van der Waals surface area contributed by atoms with Crippen molar-refractivity contribution in [3.05, 3.63) is 0 Å². The number of carbonyl (C=O) groups excluding carboxylic acids is 2. The highest BCUT2D eigenvalue weighted by atomic mass is 32.2. The molecule has 0 aliphatic rings. The number of isocyanates is 2. The van der Waals surface area contributed by atoms with Crippen molar-refractivity contribution in [2.24, 2.45) is 19.1 Å². The molecule has 12 heteroatoms. The first-order valence-corrected chi connectivity index (χ1v) is 5.37. The lowest BCUT2D eigenvalue weighted by Crippen LogP contribution is -2.21. The van der Waals surface area contributed by atoms with E-state index in [2.05, 4.69) is 19.1 Å². The maximum atomic E-state index is 9.97. The van der Waals surface area contributed by atoms with Gasteiger partial charge in [0.05, 0.1) is 0 Å². The minimum absolute atomic E-state index is 0.707. The first-order chi connectivity index (χ1) is 6.12. The number of hydrogen-bond acceptors (Lipinski definition) is 6. The molecule has 14 heavy (non-hydrogen) atoms. The molecule has 0 rings (SSSR count). The summed E-state index contributed by atoms with van der Waals surface area (Å²) >= 11 is 0. The van der Waals surface area contributed by atoms with Gasteiger partial charge < -0.3 is 0 Å². The van der Waals surface area contributed by atoms with Gasteiger partial charge in [-0.15, -0.1) is 0 Å². The molecule has 0 aromatic rings. The van der Waals surface area contributed by atoms with Gasteiger partial charge in [-0.05, 0) is 0 Å². The van der Waals surface area contributed by atoms with Crippen LogP contribution in [0.3, 0.4) is 0 Å². The molecule has 0 aromatic heterocycles. The topological polar surface area (TPSA) is 179 Å². The van der Waals surface area contributed by atoms with Gasteiger partial charge in [0.25, 0.3) is 22.4 Å². The van der Waals surface area contributed by atoms with Gasteiger partial charge in [0, 0.05) is 0 Å². The van der Waals surface area contributed by atoms with Gasteiger partial charge >= 0.3 is 10.2 Å². The molecule has 0 heterocycles. The third-order valence-corrected chi connectivity index (χ3v) is 0.916. The van der Waals surface area contributed by atoms with Crippen molar-refractivity contribution in [3.8, 4) is 0 Å². The average Bonchev–Trinajstić information content (AvgIpc) is 1.81. The van der Waals surface area contributed by atoms with Gasteiger partial charge in [-0.2, -0.15) is 16.8 Å². The zero-order chi connectivity index (χ0) is 11.8. The van der Waals surface area contributed by atoms with Crippen LogP contribution >= 0.6 is 0 Å². The van der Waals surface area contributed by atoms with E-state index < -0.39 is 20.4 Å². The zero-order valence-corrected chi connectivity index (χ0v) is 7.95. The van der Waals surface area contributed by atoms with E-state index in [-0.39, 0.29) is 0 Å². The molecule has 0 amide bonds. The van der Waals surface area contributed by atoms with Crippen molar-refractivity contribution < 1.29 is 26.4 Å². The predicted molar refractivity (Wildman–Crippen MR) is 42.5 cm³/mol. The van der Waals surface area contributed by atoms with Crippen LogP contribution in [0.1, 0.15) is 0 Å². The van der Waals surface area contributed by atoms with Gasteiger partial charge in [-0.25, -0.2) is 19.9 Å². The number of nitrogens with zero attached hydrogens (tertiary/aromatic N) is 2. The largest absolute Gasteiger partial charge is 0.383 e. The van der Waals surface area contributed by atoms with Crippen molar-refractivity contribution in [1.29, 1.82) is 0 Å². The van der Waals surface area contributed by atoms with Crippen LogP contribution in [0.2, 0.25) is 0 Å². The van der Waals surface area contributed by atoms with Gasteiger partial charge in [0.15, 0.2) is 0 Å². The molecule has 0 bridgehead atoms. The molecular weight excluding hydrogens is 240 g/mol. The quantitative estimate of drug-likeness (QED) is 0.387. The smallest absolute Gasteiger partial charge is 0.216 e. The van der Waals surface area contributed by atoms with E-state index in [0.717, 1.165) is 0 Å². The van der Waals surface area contributed by atoms with Crippen molar-refractivity contribution in [2.45, 2.75) is 0 Å². The van der Waals surface area contributed by atoms with Crippen LogP contribution in [-0.2, 0) is 30.0 Å². The minimum atomic E-state index is -4.28. The highest BCUT2D eigenvalue weighted by Gasteiger charge is 2.00. The molecule has 80 valence electrons. The molecule has 0 radical (unpaired) electrons. The normalized spacial score (nSPS) is 9.86. The third-order valence-electron chi connectivity index (χ3n) is 0.305. The number of rotatable bonds is 2. The Hall–Kier alpha value is -1.42. The summed E-state index contributed by atoms with van der Waals surface area (Å²) in [6, 6.07) is 0. The number of hydrogen-bond donors (Lipinski definition) is 2. The van der Waals surface area contributed by atoms with Crippen LogP contribution < -0.4 is 10.3 Å².